The number of nitrogens with zero attached hydrogens (tertiary/aromatic N) is 1. The van der Waals surface area contributed by atoms with Crippen LogP contribution in [0.5, 0.6) is 5.75 Å². The average molecular weight is 323 g/mol. The van der Waals surface area contributed by atoms with Gasteiger partial charge in [0, 0.05) is 19.2 Å². The first-order valence-corrected chi connectivity index (χ1v) is 7.98. The minimum atomic E-state index is -4.85. The molecule has 4 nitrogen and oxygen atoms in total. The maximum Gasteiger partial charge on any atom is 0.573 e. The third-order valence-corrected chi connectivity index (χ3v) is 5.46. The summed E-state index contributed by atoms with van der Waals surface area (Å²) in [6, 6.07) is 4.37. The van der Waals surface area contributed by atoms with E-state index in [1.54, 1.807) is 0 Å². The first-order valence-electron chi connectivity index (χ1n) is 6.54. The molecule has 0 saturated heterocycles. The van der Waals surface area contributed by atoms with Gasteiger partial charge in [0.05, 0.1) is 4.90 Å². The quantitative estimate of drug-likeness (QED) is 0.855. The van der Waals surface area contributed by atoms with Gasteiger partial charge in [-0.15, -0.1) is 13.2 Å². The minimum Gasteiger partial charge on any atom is -0.406 e. The molecule has 0 heterocycles. The van der Waals surface area contributed by atoms with Crippen molar-refractivity contribution in [2.45, 2.75) is 43.0 Å². The maximum atomic E-state index is 12.4. The van der Waals surface area contributed by atoms with Crippen molar-refractivity contribution < 1.29 is 26.3 Å². The highest BCUT2D eigenvalue weighted by Crippen LogP contribution is 2.29. The summed E-state index contributed by atoms with van der Waals surface area (Å²) < 4.78 is 66.4. The van der Waals surface area contributed by atoms with Crippen LogP contribution in [0, 0.1) is 0 Å². The van der Waals surface area contributed by atoms with Crippen LogP contribution in [-0.4, -0.2) is 32.2 Å². The normalized spacial score (nSPS) is 17.4. The molecule has 8 heteroatoms. The Bertz CT molecular complexity index is 595. The van der Waals surface area contributed by atoms with E-state index in [0.717, 1.165) is 37.8 Å². The van der Waals surface area contributed by atoms with Gasteiger partial charge in [0.15, 0.2) is 0 Å². The Labute approximate surface area is 121 Å². The van der Waals surface area contributed by atoms with E-state index in [4.69, 9.17) is 0 Å². The summed E-state index contributed by atoms with van der Waals surface area (Å²) >= 11 is 0. The topological polar surface area (TPSA) is 46.6 Å². The molecule has 0 aliphatic heterocycles. The van der Waals surface area contributed by atoms with Gasteiger partial charge >= 0.3 is 6.36 Å². The molecule has 0 aromatic heterocycles. The van der Waals surface area contributed by atoms with E-state index in [0.29, 0.717) is 0 Å². The second-order valence-electron chi connectivity index (χ2n) is 4.98. The third kappa shape index (κ3) is 3.88. The smallest absolute Gasteiger partial charge is 0.406 e. The lowest BCUT2D eigenvalue weighted by molar-refractivity contribution is -0.274. The van der Waals surface area contributed by atoms with Crippen molar-refractivity contribution in [3.8, 4) is 5.75 Å². The van der Waals surface area contributed by atoms with Crippen LogP contribution in [0.2, 0.25) is 0 Å². The van der Waals surface area contributed by atoms with Crippen LogP contribution in [0.3, 0.4) is 0 Å². The number of halogens is 3. The Morgan fingerprint density at radius 3 is 2.43 bits per heavy atom. The SMILES string of the molecule is CN(C1CCCC1)S(=O)(=O)c1cccc(OC(F)(F)F)c1. The fourth-order valence-electron chi connectivity index (χ4n) is 2.46. The van der Waals surface area contributed by atoms with Gasteiger partial charge in [-0.2, -0.15) is 4.31 Å². The monoisotopic (exact) mass is 323 g/mol. The van der Waals surface area contributed by atoms with Gasteiger partial charge in [0.1, 0.15) is 5.75 Å². The Morgan fingerprint density at radius 1 is 1.24 bits per heavy atom. The van der Waals surface area contributed by atoms with Crippen LogP contribution in [0.4, 0.5) is 13.2 Å². The van der Waals surface area contributed by atoms with E-state index in [-0.39, 0.29) is 10.9 Å². The summed E-state index contributed by atoms with van der Waals surface area (Å²) in [6.45, 7) is 0. The van der Waals surface area contributed by atoms with E-state index in [2.05, 4.69) is 4.74 Å². The third-order valence-electron chi connectivity index (χ3n) is 3.55. The summed E-state index contributed by atoms with van der Waals surface area (Å²) in [6.07, 6.45) is -1.38. The van der Waals surface area contributed by atoms with Crippen LogP contribution in [-0.2, 0) is 10.0 Å². The summed E-state index contributed by atoms with van der Waals surface area (Å²) in [5.41, 5.74) is 0. The Hall–Kier alpha value is -1.28. The highest BCUT2D eigenvalue weighted by atomic mass is 32.2. The van der Waals surface area contributed by atoms with Crippen LogP contribution in [0.15, 0.2) is 29.2 Å². The van der Waals surface area contributed by atoms with Crippen LogP contribution >= 0.6 is 0 Å². The van der Waals surface area contributed by atoms with Crippen molar-refractivity contribution in [1.82, 2.24) is 4.31 Å². The number of hydrogen-bond acceptors (Lipinski definition) is 3. The maximum absolute atomic E-state index is 12.4. The molecule has 1 aliphatic carbocycles. The lowest BCUT2D eigenvalue weighted by Crippen LogP contribution is -2.35. The molecule has 21 heavy (non-hydrogen) atoms. The fraction of sp³-hybridized carbons (Fsp3) is 0.538. The Morgan fingerprint density at radius 2 is 1.86 bits per heavy atom. The molecule has 0 amide bonds. The summed E-state index contributed by atoms with van der Waals surface area (Å²) in [7, 11) is -2.35. The average Bonchev–Trinajstić information content (AvgIpc) is 2.89. The summed E-state index contributed by atoms with van der Waals surface area (Å²) in [5, 5.41) is 0. The van der Waals surface area contributed by atoms with Crippen molar-refractivity contribution in [3.05, 3.63) is 24.3 Å². The first-order chi connectivity index (χ1) is 9.70. The zero-order valence-corrected chi connectivity index (χ0v) is 12.2. The molecular formula is C13H16F3NO3S. The molecule has 118 valence electrons. The molecule has 0 unspecified atom stereocenters. The molecule has 0 radical (unpaired) electrons. The summed E-state index contributed by atoms with van der Waals surface area (Å²) in [5.74, 6) is -0.539. The largest absolute Gasteiger partial charge is 0.573 e. The van der Waals surface area contributed by atoms with E-state index < -0.39 is 22.1 Å². The molecule has 0 bridgehead atoms. The molecule has 0 atom stereocenters. The molecule has 1 saturated carbocycles. The molecule has 1 aliphatic rings. The minimum absolute atomic E-state index is 0.0952. The molecular weight excluding hydrogens is 307 g/mol. The van der Waals surface area contributed by atoms with Gasteiger partial charge in [0.2, 0.25) is 10.0 Å². The predicted octanol–water partition coefficient (Wildman–Crippen LogP) is 3.15. The van der Waals surface area contributed by atoms with E-state index >= 15 is 0 Å². The number of alkyl halides is 3. The lowest BCUT2D eigenvalue weighted by Gasteiger charge is -2.23. The molecule has 2 rings (SSSR count). The molecule has 0 spiro atoms. The predicted molar refractivity (Wildman–Crippen MR) is 70.3 cm³/mol. The number of hydrogen-bond donors (Lipinski definition) is 0. The van der Waals surface area contributed by atoms with Crippen molar-refractivity contribution in [2.75, 3.05) is 7.05 Å². The lowest BCUT2D eigenvalue weighted by atomic mass is 10.3. The highest BCUT2D eigenvalue weighted by Gasteiger charge is 2.33. The van der Waals surface area contributed by atoms with Crippen LogP contribution in [0.25, 0.3) is 0 Å². The van der Waals surface area contributed by atoms with Crippen molar-refractivity contribution in [3.63, 3.8) is 0 Å². The summed E-state index contributed by atoms with van der Waals surface area (Å²) in [4.78, 5) is -0.196. The van der Waals surface area contributed by atoms with E-state index in [9.17, 15) is 21.6 Å². The zero-order chi connectivity index (χ0) is 15.7. The molecule has 1 aromatic carbocycles. The van der Waals surface area contributed by atoms with Gasteiger partial charge in [-0.1, -0.05) is 18.9 Å². The Kier molecular flexibility index (Phi) is 4.48. The zero-order valence-electron chi connectivity index (χ0n) is 11.4. The number of sulfonamides is 1. The fourth-order valence-corrected chi connectivity index (χ4v) is 3.91. The van der Waals surface area contributed by atoms with Crippen LogP contribution < -0.4 is 4.74 Å². The van der Waals surface area contributed by atoms with Crippen molar-refractivity contribution >= 4 is 10.0 Å². The second kappa shape index (κ2) is 5.84. The van der Waals surface area contributed by atoms with E-state index in [1.165, 1.54) is 23.5 Å². The molecule has 0 N–H and O–H groups in total. The number of benzene rings is 1. The van der Waals surface area contributed by atoms with E-state index in [1.807, 2.05) is 0 Å². The van der Waals surface area contributed by atoms with Crippen LogP contribution in [0.1, 0.15) is 25.7 Å². The number of ether oxygens (including phenoxy) is 1. The second-order valence-corrected chi connectivity index (χ2v) is 6.98. The molecule has 1 aromatic rings. The van der Waals surface area contributed by atoms with Gasteiger partial charge < -0.3 is 4.74 Å². The number of rotatable bonds is 4. The van der Waals surface area contributed by atoms with Gasteiger partial charge in [0.25, 0.3) is 0 Å². The molecule has 1 fully saturated rings. The van der Waals surface area contributed by atoms with Crippen molar-refractivity contribution in [2.24, 2.45) is 0 Å². The standard InChI is InChI=1S/C13H16F3NO3S/c1-17(10-5-2-3-6-10)21(18,19)12-8-4-7-11(9-12)20-13(14,15)16/h4,7-10H,2-3,5-6H2,1H3. The van der Waals surface area contributed by atoms with Crippen molar-refractivity contribution in [1.29, 1.82) is 0 Å². The van der Waals surface area contributed by atoms with Gasteiger partial charge in [-0.05, 0) is 25.0 Å². The first kappa shape index (κ1) is 16.1. The Balaban J connectivity index is 2.25. The van der Waals surface area contributed by atoms with Gasteiger partial charge in [-0.3, -0.25) is 0 Å². The van der Waals surface area contributed by atoms with Gasteiger partial charge in [-0.25, -0.2) is 8.42 Å². The highest BCUT2D eigenvalue weighted by molar-refractivity contribution is 7.89.